The van der Waals surface area contributed by atoms with Crippen molar-refractivity contribution in [3.8, 4) is 0 Å². The van der Waals surface area contributed by atoms with Crippen LogP contribution in [-0.4, -0.2) is 22.6 Å². The van der Waals surface area contributed by atoms with E-state index in [4.69, 9.17) is 0 Å². The zero-order valence-electron chi connectivity index (χ0n) is 15.0. The summed E-state index contributed by atoms with van der Waals surface area (Å²) in [6.45, 7) is 4.69. The minimum atomic E-state index is -0.259. The van der Waals surface area contributed by atoms with E-state index in [0.29, 0.717) is 11.5 Å². The van der Waals surface area contributed by atoms with Crippen LogP contribution >= 0.6 is 0 Å². The molecule has 0 aliphatic carbocycles. The second-order valence-corrected chi connectivity index (χ2v) is 6.19. The molecule has 1 heterocycles. The smallest absolute Gasteiger partial charge is 0.276 e. The number of hydrogen-bond acceptors (Lipinski definition) is 4. The molecule has 0 atom stereocenters. The van der Waals surface area contributed by atoms with Crippen molar-refractivity contribution in [2.45, 2.75) is 20.3 Å². The third-order valence-corrected chi connectivity index (χ3v) is 4.18. The minimum absolute atomic E-state index is 0.259. The Morgan fingerprint density at radius 2 is 1.62 bits per heavy atom. The molecule has 5 nitrogen and oxygen atoms in total. The third kappa shape index (κ3) is 4.45. The molecule has 5 heteroatoms. The number of hydrogen-bond donors (Lipinski definition) is 2. The summed E-state index contributed by atoms with van der Waals surface area (Å²) < 4.78 is 0. The van der Waals surface area contributed by atoms with Gasteiger partial charge < -0.3 is 10.6 Å². The maximum absolute atomic E-state index is 12.4. The Hall–Kier alpha value is -3.21. The molecule has 0 unspecified atom stereocenters. The molecule has 0 fully saturated rings. The van der Waals surface area contributed by atoms with Gasteiger partial charge in [-0.3, -0.25) is 4.79 Å². The lowest BCUT2D eigenvalue weighted by Gasteiger charge is -2.11. The molecule has 0 aliphatic rings. The highest BCUT2D eigenvalue weighted by Gasteiger charge is 2.11. The van der Waals surface area contributed by atoms with Gasteiger partial charge >= 0.3 is 0 Å². The standard InChI is InChI=1S/C21H22N4O/c1-15-7-6-8-16(2)20(15)23-21(26)18-11-12-19(25-24-18)22-14-13-17-9-4-3-5-10-17/h3-12H,13-14H2,1-2H3,(H,22,25)(H,23,26). The summed E-state index contributed by atoms with van der Waals surface area (Å²) in [4.78, 5) is 12.4. The molecule has 3 rings (SSSR count). The minimum Gasteiger partial charge on any atom is -0.368 e. The van der Waals surface area contributed by atoms with Gasteiger partial charge in [-0.2, -0.15) is 0 Å². The third-order valence-electron chi connectivity index (χ3n) is 4.18. The number of aromatic nitrogens is 2. The second-order valence-electron chi connectivity index (χ2n) is 6.19. The molecule has 2 N–H and O–H groups in total. The van der Waals surface area contributed by atoms with Crippen LogP contribution in [0.3, 0.4) is 0 Å². The summed E-state index contributed by atoms with van der Waals surface area (Å²) in [5, 5.41) is 14.3. The topological polar surface area (TPSA) is 66.9 Å². The van der Waals surface area contributed by atoms with E-state index in [9.17, 15) is 4.79 Å². The number of aryl methyl sites for hydroxylation is 2. The van der Waals surface area contributed by atoms with Crippen LogP contribution in [0.25, 0.3) is 0 Å². The van der Waals surface area contributed by atoms with E-state index in [1.807, 2.05) is 50.2 Å². The highest BCUT2D eigenvalue weighted by molar-refractivity contribution is 6.03. The van der Waals surface area contributed by atoms with E-state index >= 15 is 0 Å². The summed E-state index contributed by atoms with van der Waals surface area (Å²) in [7, 11) is 0. The van der Waals surface area contributed by atoms with Gasteiger partial charge in [0.15, 0.2) is 5.69 Å². The SMILES string of the molecule is Cc1cccc(C)c1NC(=O)c1ccc(NCCc2ccccc2)nn1. The van der Waals surface area contributed by atoms with Gasteiger partial charge in [0.2, 0.25) is 0 Å². The predicted octanol–water partition coefficient (Wildman–Crippen LogP) is 4.00. The number of nitrogens with one attached hydrogen (secondary N) is 2. The lowest BCUT2D eigenvalue weighted by atomic mass is 10.1. The molecule has 26 heavy (non-hydrogen) atoms. The quantitative estimate of drug-likeness (QED) is 0.708. The molecule has 0 saturated heterocycles. The van der Waals surface area contributed by atoms with Gasteiger partial charge in [0, 0.05) is 12.2 Å². The molecule has 3 aromatic rings. The van der Waals surface area contributed by atoms with Crippen molar-refractivity contribution in [3.05, 3.63) is 83.0 Å². The Labute approximate surface area is 153 Å². The van der Waals surface area contributed by atoms with E-state index in [-0.39, 0.29) is 5.91 Å². The highest BCUT2D eigenvalue weighted by Crippen LogP contribution is 2.20. The van der Waals surface area contributed by atoms with Crippen LogP contribution in [0.4, 0.5) is 11.5 Å². The van der Waals surface area contributed by atoms with Gasteiger partial charge in [0.1, 0.15) is 5.82 Å². The number of benzene rings is 2. The number of carbonyl (C=O) groups is 1. The van der Waals surface area contributed by atoms with Crippen LogP contribution in [-0.2, 0) is 6.42 Å². The summed E-state index contributed by atoms with van der Waals surface area (Å²) >= 11 is 0. The van der Waals surface area contributed by atoms with Crippen LogP contribution in [0.1, 0.15) is 27.2 Å². The molecular weight excluding hydrogens is 324 g/mol. The number of rotatable bonds is 6. The highest BCUT2D eigenvalue weighted by atomic mass is 16.1. The van der Waals surface area contributed by atoms with E-state index in [1.54, 1.807) is 12.1 Å². The van der Waals surface area contributed by atoms with Crippen molar-refractivity contribution < 1.29 is 4.79 Å². The summed E-state index contributed by atoms with van der Waals surface area (Å²) in [6, 6.07) is 19.6. The van der Waals surface area contributed by atoms with Gasteiger partial charge in [-0.15, -0.1) is 10.2 Å². The molecule has 0 aliphatic heterocycles. The van der Waals surface area contributed by atoms with Crippen molar-refractivity contribution in [3.63, 3.8) is 0 Å². The molecule has 0 radical (unpaired) electrons. The monoisotopic (exact) mass is 346 g/mol. The van der Waals surface area contributed by atoms with Crippen molar-refractivity contribution in [2.24, 2.45) is 0 Å². The fourth-order valence-corrected chi connectivity index (χ4v) is 2.72. The van der Waals surface area contributed by atoms with E-state index in [2.05, 4.69) is 33.0 Å². The first-order valence-electron chi connectivity index (χ1n) is 8.62. The van der Waals surface area contributed by atoms with Crippen molar-refractivity contribution >= 4 is 17.4 Å². The van der Waals surface area contributed by atoms with Crippen LogP contribution in [0.5, 0.6) is 0 Å². The molecular formula is C21H22N4O. The first-order chi connectivity index (χ1) is 12.6. The van der Waals surface area contributed by atoms with E-state index in [0.717, 1.165) is 29.8 Å². The Kier molecular flexibility index (Phi) is 5.59. The maximum atomic E-state index is 12.4. The van der Waals surface area contributed by atoms with Crippen molar-refractivity contribution in [1.82, 2.24) is 10.2 Å². The Bertz CT molecular complexity index is 856. The van der Waals surface area contributed by atoms with E-state index in [1.165, 1.54) is 5.56 Å². The molecule has 2 aromatic carbocycles. The van der Waals surface area contributed by atoms with Crippen LogP contribution in [0.15, 0.2) is 60.7 Å². The Balaban J connectivity index is 1.57. The van der Waals surface area contributed by atoms with Gasteiger partial charge in [0.25, 0.3) is 5.91 Å². The number of amides is 1. The lowest BCUT2D eigenvalue weighted by Crippen LogP contribution is -2.16. The molecule has 0 bridgehead atoms. The molecule has 132 valence electrons. The van der Waals surface area contributed by atoms with Crippen LogP contribution in [0.2, 0.25) is 0 Å². The summed E-state index contributed by atoms with van der Waals surface area (Å²) in [6.07, 6.45) is 0.900. The van der Waals surface area contributed by atoms with E-state index < -0.39 is 0 Å². The molecule has 0 saturated carbocycles. The zero-order chi connectivity index (χ0) is 18.4. The molecule has 0 spiro atoms. The Morgan fingerprint density at radius 1 is 0.885 bits per heavy atom. The average Bonchev–Trinajstić information content (AvgIpc) is 2.66. The fourth-order valence-electron chi connectivity index (χ4n) is 2.72. The number of nitrogens with zero attached hydrogens (tertiary/aromatic N) is 2. The normalized spacial score (nSPS) is 10.4. The summed E-state index contributed by atoms with van der Waals surface area (Å²) in [5.74, 6) is 0.398. The number of anilines is 2. The zero-order valence-corrected chi connectivity index (χ0v) is 15.0. The van der Waals surface area contributed by atoms with Gasteiger partial charge in [-0.1, -0.05) is 48.5 Å². The largest absolute Gasteiger partial charge is 0.368 e. The Morgan fingerprint density at radius 3 is 2.27 bits per heavy atom. The maximum Gasteiger partial charge on any atom is 0.276 e. The van der Waals surface area contributed by atoms with Gasteiger partial charge in [0.05, 0.1) is 0 Å². The molecule has 1 aromatic heterocycles. The van der Waals surface area contributed by atoms with Crippen LogP contribution in [0, 0.1) is 13.8 Å². The van der Waals surface area contributed by atoms with Gasteiger partial charge in [-0.05, 0) is 49.1 Å². The average molecular weight is 346 g/mol. The fraction of sp³-hybridized carbons (Fsp3) is 0.190. The van der Waals surface area contributed by atoms with Crippen LogP contribution < -0.4 is 10.6 Å². The predicted molar refractivity (Wildman–Crippen MR) is 105 cm³/mol. The van der Waals surface area contributed by atoms with Crippen molar-refractivity contribution in [1.29, 1.82) is 0 Å². The van der Waals surface area contributed by atoms with Gasteiger partial charge in [-0.25, -0.2) is 0 Å². The van der Waals surface area contributed by atoms with Crippen molar-refractivity contribution in [2.75, 3.05) is 17.2 Å². The second kappa shape index (κ2) is 8.25. The summed E-state index contributed by atoms with van der Waals surface area (Å²) in [5.41, 5.74) is 4.42. The number of para-hydroxylation sites is 1. The first kappa shape index (κ1) is 17.6. The molecule has 1 amide bonds. The lowest BCUT2D eigenvalue weighted by molar-refractivity contribution is 0.102. The first-order valence-corrected chi connectivity index (χ1v) is 8.62. The number of carbonyl (C=O) groups excluding carboxylic acids is 1.